The summed E-state index contributed by atoms with van der Waals surface area (Å²) in [6, 6.07) is 5.47. The summed E-state index contributed by atoms with van der Waals surface area (Å²) >= 11 is 0. The number of aromatic amines is 1. The number of rotatable bonds is 1. The summed E-state index contributed by atoms with van der Waals surface area (Å²) in [5.41, 5.74) is 1.58. The van der Waals surface area contributed by atoms with Gasteiger partial charge in [-0.3, -0.25) is 9.20 Å². The maximum Gasteiger partial charge on any atom is 0.269 e. The van der Waals surface area contributed by atoms with Gasteiger partial charge in [0.05, 0.1) is 0 Å². The molecular formula is C10H8N6O. The monoisotopic (exact) mass is 228 g/mol. The van der Waals surface area contributed by atoms with Gasteiger partial charge in [-0.15, -0.1) is 5.10 Å². The van der Waals surface area contributed by atoms with Gasteiger partial charge in [-0.1, -0.05) is 6.07 Å². The Kier molecular flexibility index (Phi) is 1.97. The van der Waals surface area contributed by atoms with Gasteiger partial charge in [0.15, 0.2) is 5.82 Å². The molecule has 17 heavy (non-hydrogen) atoms. The van der Waals surface area contributed by atoms with Crippen LogP contribution in [0, 0.1) is 6.92 Å². The Labute approximate surface area is 95.1 Å². The molecule has 0 aliphatic rings. The van der Waals surface area contributed by atoms with Crippen molar-refractivity contribution < 1.29 is 0 Å². The fraction of sp³-hybridized carbons (Fsp3) is 0.100. The van der Waals surface area contributed by atoms with Crippen molar-refractivity contribution in [2.24, 2.45) is 0 Å². The smallest absolute Gasteiger partial charge is 0.268 e. The van der Waals surface area contributed by atoms with Crippen LogP contribution in [0.4, 0.5) is 0 Å². The zero-order valence-corrected chi connectivity index (χ0v) is 8.95. The van der Waals surface area contributed by atoms with E-state index in [1.807, 2.05) is 19.1 Å². The van der Waals surface area contributed by atoms with Crippen LogP contribution in [0.1, 0.15) is 5.69 Å². The fourth-order valence-corrected chi connectivity index (χ4v) is 1.71. The molecule has 0 radical (unpaired) electrons. The lowest BCUT2D eigenvalue weighted by molar-refractivity contribution is 0.881. The molecule has 0 bridgehead atoms. The topological polar surface area (TPSA) is 88.8 Å². The van der Waals surface area contributed by atoms with E-state index in [1.165, 1.54) is 10.6 Å². The minimum Gasteiger partial charge on any atom is -0.268 e. The van der Waals surface area contributed by atoms with E-state index in [1.54, 1.807) is 6.07 Å². The van der Waals surface area contributed by atoms with Gasteiger partial charge in [0, 0.05) is 11.9 Å². The highest BCUT2D eigenvalue weighted by molar-refractivity contribution is 5.54. The maximum absolute atomic E-state index is 12.3. The van der Waals surface area contributed by atoms with Crippen molar-refractivity contribution >= 4 is 5.65 Å². The zero-order valence-electron chi connectivity index (χ0n) is 8.95. The molecule has 0 unspecified atom stereocenters. The first kappa shape index (κ1) is 9.64. The van der Waals surface area contributed by atoms with Crippen LogP contribution in [0.5, 0.6) is 0 Å². The Bertz CT molecular complexity index is 730. The van der Waals surface area contributed by atoms with E-state index in [-0.39, 0.29) is 5.56 Å². The lowest BCUT2D eigenvalue weighted by Gasteiger charge is -2.04. The Hall–Kier alpha value is -2.57. The summed E-state index contributed by atoms with van der Waals surface area (Å²) in [5.74, 6) is 0.320. The van der Waals surface area contributed by atoms with Crippen LogP contribution < -0.4 is 5.56 Å². The van der Waals surface area contributed by atoms with Gasteiger partial charge < -0.3 is 0 Å². The molecule has 0 aromatic carbocycles. The molecule has 0 saturated carbocycles. The van der Waals surface area contributed by atoms with E-state index >= 15 is 0 Å². The molecule has 84 valence electrons. The first-order valence-electron chi connectivity index (χ1n) is 4.99. The minimum atomic E-state index is -0.188. The zero-order chi connectivity index (χ0) is 11.8. The number of nitrogens with one attached hydrogen (secondary N) is 1. The second-order valence-corrected chi connectivity index (χ2v) is 3.59. The summed E-state index contributed by atoms with van der Waals surface area (Å²) in [5, 5.41) is 13.2. The van der Waals surface area contributed by atoms with Crippen molar-refractivity contribution in [1.82, 2.24) is 30.0 Å². The third kappa shape index (κ3) is 1.40. The second-order valence-electron chi connectivity index (χ2n) is 3.59. The van der Waals surface area contributed by atoms with Crippen LogP contribution in [0.3, 0.4) is 0 Å². The number of pyridine rings is 1. The third-order valence-corrected chi connectivity index (χ3v) is 2.52. The number of hydrogen-bond acceptors (Lipinski definition) is 5. The average molecular weight is 228 g/mol. The molecule has 3 rings (SSSR count). The molecule has 7 nitrogen and oxygen atoms in total. The molecule has 0 atom stereocenters. The molecule has 0 aliphatic carbocycles. The molecule has 0 amide bonds. The Morgan fingerprint density at radius 1 is 1.35 bits per heavy atom. The van der Waals surface area contributed by atoms with E-state index in [9.17, 15) is 4.79 Å². The van der Waals surface area contributed by atoms with Crippen molar-refractivity contribution in [3.05, 3.63) is 40.4 Å². The normalized spacial score (nSPS) is 10.9. The number of aryl methyl sites for hydroxylation is 1. The highest BCUT2D eigenvalue weighted by Crippen LogP contribution is 2.08. The molecule has 0 saturated heterocycles. The summed E-state index contributed by atoms with van der Waals surface area (Å²) in [6.45, 7) is 1.85. The van der Waals surface area contributed by atoms with Crippen LogP contribution in [0.2, 0.25) is 0 Å². The quantitative estimate of drug-likeness (QED) is 0.642. The van der Waals surface area contributed by atoms with Gasteiger partial charge >= 0.3 is 0 Å². The SMILES string of the molecule is Cc1cccc2ncc(-c3nnn[nH]3)c(=O)n12. The van der Waals surface area contributed by atoms with E-state index < -0.39 is 0 Å². The van der Waals surface area contributed by atoms with Gasteiger partial charge in [0.1, 0.15) is 11.2 Å². The number of fused-ring (bicyclic) bond motifs is 1. The second kappa shape index (κ2) is 3.48. The van der Waals surface area contributed by atoms with Gasteiger partial charge in [0.25, 0.3) is 5.56 Å². The van der Waals surface area contributed by atoms with Crippen LogP contribution in [0.25, 0.3) is 17.0 Å². The van der Waals surface area contributed by atoms with Crippen molar-refractivity contribution in [2.45, 2.75) is 6.92 Å². The molecule has 3 aromatic rings. The van der Waals surface area contributed by atoms with Crippen molar-refractivity contribution in [2.75, 3.05) is 0 Å². The predicted octanol–water partition coefficient (Wildman–Crippen LogP) is 0.183. The molecule has 3 heterocycles. The van der Waals surface area contributed by atoms with E-state index in [2.05, 4.69) is 25.6 Å². The molecule has 0 fully saturated rings. The lowest BCUT2D eigenvalue weighted by atomic mass is 10.3. The van der Waals surface area contributed by atoms with Crippen molar-refractivity contribution in [3.63, 3.8) is 0 Å². The summed E-state index contributed by atoms with van der Waals surface area (Å²) in [4.78, 5) is 16.5. The van der Waals surface area contributed by atoms with Crippen LogP contribution >= 0.6 is 0 Å². The molecule has 1 N–H and O–H groups in total. The van der Waals surface area contributed by atoms with Crippen LogP contribution in [-0.4, -0.2) is 30.0 Å². The standard InChI is InChI=1S/C10H8N6O/c1-6-3-2-4-8-11-5-7(10(17)16(6)8)9-12-14-15-13-9/h2-5H,1H3,(H,12,13,14,15). The number of H-pyrrole nitrogens is 1. The van der Waals surface area contributed by atoms with E-state index in [0.29, 0.717) is 17.0 Å². The van der Waals surface area contributed by atoms with Gasteiger partial charge in [-0.25, -0.2) is 10.1 Å². The number of aromatic nitrogens is 6. The third-order valence-electron chi connectivity index (χ3n) is 2.52. The van der Waals surface area contributed by atoms with Crippen molar-refractivity contribution in [3.8, 4) is 11.4 Å². The van der Waals surface area contributed by atoms with Crippen LogP contribution in [0.15, 0.2) is 29.2 Å². The minimum absolute atomic E-state index is 0.188. The van der Waals surface area contributed by atoms with Crippen molar-refractivity contribution in [1.29, 1.82) is 0 Å². The Morgan fingerprint density at radius 2 is 2.24 bits per heavy atom. The molecule has 3 aromatic heterocycles. The van der Waals surface area contributed by atoms with Crippen LogP contribution in [-0.2, 0) is 0 Å². The highest BCUT2D eigenvalue weighted by Gasteiger charge is 2.10. The van der Waals surface area contributed by atoms with Gasteiger partial charge in [-0.2, -0.15) is 0 Å². The molecule has 7 heteroatoms. The Balaban J connectivity index is 2.41. The summed E-state index contributed by atoms with van der Waals surface area (Å²) in [7, 11) is 0. The predicted molar refractivity (Wildman–Crippen MR) is 59.4 cm³/mol. The molecule has 0 spiro atoms. The van der Waals surface area contributed by atoms with E-state index in [0.717, 1.165) is 5.69 Å². The van der Waals surface area contributed by atoms with Gasteiger partial charge in [0.2, 0.25) is 0 Å². The summed E-state index contributed by atoms with van der Waals surface area (Å²) in [6.07, 6.45) is 1.47. The average Bonchev–Trinajstić information content (AvgIpc) is 2.83. The largest absolute Gasteiger partial charge is 0.269 e. The van der Waals surface area contributed by atoms with E-state index in [4.69, 9.17) is 0 Å². The summed E-state index contributed by atoms with van der Waals surface area (Å²) < 4.78 is 1.53. The molecule has 0 aliphatic heterocycles. The number of tetrazole rings is 1. The first-order valence-corrected chi connectivity index (χ1v) is 4.99. The first-order chi connectivity index (χ1) is 8.27. The number of hydrogen-bond donors (Lipinski definition) is 1. The maximum atomic E-state index is 12.3. The number of nitrogens with zero attached hydrogens (tertiary/aromatic N) is 5. The fourth-order valence-electron chi connectivity index (χ4n) is 1.71. The van der Waals surface area contributed by atoms with Gasteiger partial charge in [-0.05, 0) is 29.5 Å². The lowest BCUT2D eigenvalue weighted by Crippen LogP contribution is -2.19. The highest BCUT2D eigenvalue weighted by atomic mass is 16.1. The Morgan fingerprint density at radius 3 is 3.00 bits per heavy atom. The molecular weight excluding hydrogens is 220 g/mol.